The minimum absolute atomic E-state index is 0.00462. The number of aliphatic hydroxyl groups is 1. The van der Waals surface area contributed by atoms with Gasteiger partial charge in [0.2, 0.25) is 10.0 Å². The number of hydrogen-bond donors (Lipinski definition) is 2. The van der Waals surface area contributed by atoms with Crippen LogP contribution in [0.4, 0.5) is 0 Å². The van der Waals surface area contributed by atoms with Crippen molar-refractivity contribution in [1.82, 2.24) is 14.6 Å². The van der Waals surface area contributed by atoms with E-state index in [0.717, 1.165) is 58.6 Å². The first-order chi connectivity index (χ1) is 23.8. The molecule has 1 aromatic heterocycles. The van der Waals surface area contributed by atoms with Gasteiger partial charge < -0.3 is 19.5 Å². The van der Waals surface area contributed by atoms with Crippen LogP contribution >= 0.6 is 0 Å². The Balaban J connectivity index is 1.17. The molecule has 0 saturated carbocycles. The quantitative estimate of drug-likeness (QED) is 0.143. The average molecular weight is 678 g/mol. The fourth-order valence-corrected chi connectivity index (χ4v) is 7.17. The molecule has 4 atom stereocenters. The molecular weight excluding hydrogens is 635 g/mol. The van der Waals surface area contributed by atoms with Gasteiger partial charge in [-0.1, -0.05) is 97.9 Å². The molecule has 9 heteroatoms. The third kappa shape index (κ3) is 8.88. The van der Waals surface area contributed by atoms with Crippen molar-refractivity contribution in [2.75, 3.05) is 20.1 Å². The summed E-state index contributed by atoms with van der Waals surface area (Å²) in [6, 6.07) is 38.4. The van der Waals surface area contributed by atoms with Gasteiger partial charge in [-0.15, -0.1) is 0 Å². The summed E-state index contributed by atoms with van der Waals surface area (Å²) in [7, 11) is -1.49. The molecule has 8 nitrogen and oxygen atoms in total. The number of hydrogen-bond acceptors (Lipinski definition) is 7. The van der Waals surface area contributed by atoms with Gasteiger partial charge in [0.1, 0.15) is 0 Å². The molecule has 1 fully saturated rings. The van der Waals surface area contributed by atoms with Crippen molar-refractivity contribution in [3.63, 3.8) is 0 Å². The molecular formula is C40H43N3O5S. The van der Waals surface area contributed by atoms with E-state index in [0.29, 0.717) is 0 Å². The second-order valence-electron chi connectivity index (χ2n) is 12.6. The lowest BCUT2D eigenvalue weighted by Crippen LogP contribution is -2.43. The van der Waals surface area contributed by atoms with E-state index < -0.39 is 16.3 Å². The molecule has 1 aliphatic heterocycles. The Morgan fingerprint density at radius 1 is 0.796 bits per heavy atom. The summed E-state index contributed by atoms with van der Waals surface area (Å²) >= 11 is 0. The molecule has 2 N–H and O–H groups in total. The summed E-state index contributed by atoms with van der Waals surface area (Å²) in [6.45, 7) is 3.94. The lowest BCUT2D eigenvalue weighted by molar-refractivity contribution is -0.275. The van der Waals surface area contributed by atoms with Crippen LogP contribution in [0.15, 0.2) is 132 Å². The van der Waals surface area contributed by atoms with Gasteiger partial charge in [-0.2, -0.15) is 0 Å². The average Bonchev–Trinajstić information content (AvgIpc) is 3.15. The summed E-state index contributed by atoms with van der Waals surface area (Å²) in [6.07, 6.45) is 1.82. The molecule has 4 aromatic carbocycles. The molecule has 49 heavy (non-hydrogen) atoms. The van der Waals surface area contributed by atoms with Crippen LogP contribution in [0, 0.1) is 5.92 Å². The Kier molecular flexibility index (Phi) is 11.3. The van der Waals surface area contributed by atoms with E-state index in [9.17, 15) is 13.5 Å². The number of ether oxygens (including phenoxy) is 2. The maximum Gasteiger partial charge on any atom is 0.240 e. The van der Waals surface area contributed by atoms with Gasteiger partial charge in [-0.3, -0.25) is 4.98 Å². The molecule has 1 aliphatic rings. The topological polar surface area (TPSA) is 101 Å². The number of nitrogens with one attached hydrogen (secondary N) is 1. The van der Waals surface area contributed by atoms with Gasteiger partial charge in [0.05, 0.1) is 23.7 Å². The predicted molar refractivity (Wildman–Crippen MR) is 191 cm³/mol. The Hall–Kier alpha value is -4.22. The molecule has 0 amide bonds. The van der Waals surface area contributed by atoms with Crippen molar-refractivity contribution in [2.45, 2.75) is 49.9 Å². The molecule has 0 radical (unpaired) electrons. The molecule has 254 valence electrons. The third-order valence-electron chi connectivity index (χ3n) is 9.05. The van der Waals surface area contributed by atoms with E-state index in [-0.39, 0.29) is 36.2 Å². The zero-order chi connectivity index (χ0) is 34.2. The maximum absolute atomic E-state index is 12.7. The minimum Gasteiger partial charge on any atom is -0.392 e. The Morgan fingerprint density at radius 2 is 1.53 bits per heavy atom. The third-order valence-corrected chi connectivity index (χ3v) is 10.5. The van der Waals surface area contributed by atoms with E-state index >= 15 is 0 Å². The van der Waals surface area contributed by atoms with Crippen molar-refractivity contribution in [3.8, 4) is 11.1 Å². The van der Waals surface area contributed by atoms with Crippen molar-refractivity contribution in [3.05, 3.63) is 155 Å². The summed E-state index contributed by atoms with van der Waals surface area (Å²) in [5, 5.41) is 9.59. The lowest BCUT2D eigenvalue weighted by atomic mass is 9.90. The van der Waals surface area contributed by atoms with Crippen molar-refractivity contribution >= 4 is 10.0 Å². The fourth-order valence-electron chi connectivity index (χ4n) is 6.13. The second-order valence-corrected chi connectivity index (χ2v) is 14.4. The van der Waals surface area contributed by atoms with Crippen molar-refractivity contribution in [1.29, 1.82) is 0 Å². The van der Waals surface area contributed by atoms with Crippen LogP contribution in [0.1, 0.15) is 47.3 Å². The van der Waals surface area contributed by atoms with E-state index in [1.807, 2.05) is 91.1 Å². The Bertz CT molecular complexity index is 1890. The number of aliphatic hydroxyl groups excluding tert-OH is 1. The van der Waals surface area contributed by atoms with Crippen LogP contribution in [0.25, 0.3) is 11.1 Å². The smallest absolute Gasteiger partial charge is 0.240 e. The summed E-state index contributed by atoms with van der Waals surface area (Å²) in [5.74, 6) is 0.0786. The van der Waals surface area contributed by atoms with E-state index in [1.165, 1.54) is 0 Å². The predicted octanol–water partition coefficient (Wildman–Crippen LogP) is 6.69. The van der Waals surface area contributed by atoms with E-state index in [1.54, 1.807) is 30.3 Å². The molecule has 0 bridgehead atoms. The first-order valence-electron chi connectivity index (χ1n) is 16.6. The van der Waals surface area contributed by atoms with Gasteiger partial charge in [-0.05, 0) is 65.2 Å². The molecule has 5 aromatic rings. The highest BCUT2D eigenvalue weighted by molar-refractivity contribution is 7.89. The summed E-state index contributed by atoms with van der Waals surface area (Å²) < 4.78 is 41.5. The van der Waals surface area contributed by atoms with Crippen LogP contribution in [-0.4, -0.2) is 49.6 Å². The van der Waals surface area contributed by atoms with E-state index in [2.05, 4.69) is 34.6 Å². The number of benzene rings is 4. The van der Waals surface area contributed by atoms with Gasteiger partial charge >= 0.3 is 0 Å². The first-order valence-corrected chi connectivity index (χ1v) is 18.1. The molecule has 1 saturated heterocycles. The number of aromatic nitrogens is 1. The highest BCUT2D eigenvalue weighted by Gasteiger charge is 2.38. The van der Waals surface area contributed by atoms with Crippen molar-refractivity contribution in [2.24, 2.45) is 5.92 Å². The van der Waals surface area contributed by atoms with Crippen LogP contribution in [-0.2, 0) is 39.1 Å². The minimum atomic E-state index is -3.61. The van der Waals surface area contributed by atoms with Crippen LogP contribution in [0.5, 0.6) is 0 Å². The van der Waals surface area contributed by atoms with Crippen LogP contribution < -0.4 is 4.72 Å². The number of rotatable bonds is 13. The first kappa shape index (κ1) is 34.6. The van der Waals surface area contributed by atoms with Gasteiger partial charge in [0, 0.05) is 49.4 Å². The van der Waals surface area contributed by atoms with Gasteiger partial charge in [0.25, 0.3) is 0 Å². The van der Waals surface area contributed by atoms with Gasteiger partial charge in [-0.25, -0.2) is 13.1 Å². The molecule has 0 spiro atoms. The lowest BCUT2D eigenvalue weighted by Gasteiger charge is -2.42. The maximum atomic E-state index is 12.7. The standard InChI is InChI=1S/C40H43N3O5S/c1-29-38(27-43(2)24-22-36-11-6-7-23-41-36)47-40(48-39(29)33-16-14-30(28-44)15-17-33)34-20-18-32(19-21-34)35-10-8-9-31(25-35)26-42-49(45,46)37-12-4-3-5-13-37/h3-21,23,25,29,38-40,42,44H,22,24,26-28H2,1-2H3. The Labute approximate surface area is 289 Å². The summed E-state index contributed by atoms with van der Waals surface area (Å²) in [5.41, 5.74) is 6.74. The second kappa shape index (κ2) is 16.0. The molecule has 4 unspecified atom stereocenters. The normalized spacial score (nSPS) is 19.6. The monoisotopic (exact) mass is 677 g/mol. The van der Waals surface area contributed by atoms with E-state index in [4.69, 9.17) is 9.47 Å². The van der Waals surface area contributed by atoms with Gasteiger partial charge in [0.15, 0.2) is 6.29 Å². The van der Waals surface area contributed by atoms with Crippen LogP contribution in [0.2, 0.25) is 0 Å². The number of pyridine rings is 1. The highest BCUT2D eigenvalue weighted by atomic mass is 32.2. The molecule has 2 heterocycles. The number of nitrogens with zero attached hydrogens (tertiary/aromatic N) is 2. The summed E-state index contributed by atoms with van der Waals surface area (Å²) in [4.78, 5) is 7.00. The molecule has 0 aliphatic carbocycles. The number of likely N-dealkylation sites (N-methyl/N-ethyl adjacent to an activating group) is 1. The van der Waals surface area contributed by atoms with Crippen molar-refractivity contribution < 1.29 is 23.0 Å². The highest BCUT2D eigenvalue weighted by Crippen LogP contribution is 2.42. The zero-order valence-electron chi connectivity index (χ0n) is 27.9. The van der Waals surface area contributed by atoms with Crippen LogP contribution in [0.3, 0.4) is 0 Å². The molecule has 6 rings (SSSR count). The Morgan fingerprint density at radius 3 is 2.24 bits per heavy atom. The largest absolute Gasteiger partial charge is 0.392 e. The fraction of sp³-hybridized carbons (Fsp3) is 0.275. The number of sulfonamides is 1. The SMILES string of the molecule is CC1C(CN(C)CCc2ccccn2)OC(c2ccc(-c3cccc(CNS(=O)(=O)c4ccccc4)c3)cc2)OC1c1ccc(CO)cc1. The zero-order valence-corrected chi connectivity index (χ0v) is 28.7.